The summed E-state index contributed by atoms with van der Waals surface area (Å²) in [5, 5.41) is 0. The lowest BCUT2D eigenvalue weighted by Crippen LogP contribution is -2.15. The maximum Gasteiger partial charge on any atom is 0.118 e. The molecule has 0 spiro atoms. The quantitative estimate of drug-likeness (QED) is 0.374. The lowest BCUT2D eigenvalue weighted by Gasteiger charge is -2.15. The van der Waals surface area contributed by atoms with Crippen LogP contribution in [-0.4, -0.2) is 19.4 Å². The van der Waals surface area contributed by atoms with E-state index in [1.807, 2.05) is 25.2 Å². The molecule has 0 aromatic carbocycles. The lowest BCUT2D eigenvalue weighted by atomic mass is 9.94. The first-order valence-electron chi connectivity index (χ1n) is 7.28. The fourth-order valence-corrected chi connectivity index (χ4v) is 1.91. The third kappa shape index (κ3) is 5.78. The van der Waals surface area contributed by atoms with E-state index in [1.54, 1.807) is 25.2 Å². The normalized spacial score (nSPS) is 17.0. The van der Waals surface area contributed by atoms with Gasteiger partial charge in [-0.25, -0.2) is 4.39 Å². The van der Waals surface area contributed by atoms with Crippen LogP contribution in [0.4, 0.5) is 4.39 Å². The molecule has 0 aliphatic carbocycles. The molecule has 0 fully saturated rings. The number of nitrogens with zero attached hydrogens (tertiary/aromatic N) is 1. The second-order valence-electron chi connectivity index (χ2n) is 4.88. The fourth-order valence-electron chi connectivity index (χ4n) is 1.91. The van der Waals surface area contributed by atoms with E-state index < -0.39 is 6.17 Å². The van der Waals surface area contributed by atoms with Crippen LogP contribution in [0.15, 0.2) is 77.0 Å². The van der Waals surface area contributed by atoms with Crippen LogP contribution in [-0.2, 0) is 0 Å². The van der Waals surface area contributed by atoms with Crippen molar-refractivity contribution in [2.24, 2.45) is 16.6 Å². The van der Waals surface area contributed by atoms with Gasteiger partial charge in [0, 0.05) is 18.0 Å². The summed E-state index contributed by atoms with van der Waals surface area (Å²) in [6.45, 7) is 16.9. The average molecular weight is 302 g/mol. The molecule has 0 rings (SSSR count). The molecule has 0 saturated heterocycles. The first-order valence-corrected chi connectivity index (χ1v) is 7.28. The Labute approximate surface area is 134 Å². The lowest BCUT2D eigenvalue weighted by molar-refractivity contribution is 0.411. The molecule has 0 aliphatic rings. The van der Waals surface area contributed by atoms with Gasteiger partial charge in [0.1, 0.15) is 6.17 Å². The van der Waals surface area contributed by atoms with Gasteiger partial charge in [-0.05, 0) is 38.6 Å². The minimum Gasteiger partial charge on any atom is -0.329 e. The largest absolute Gasteiger partial charge is 0.329 e. The van der Waals surface area contributed by atoms with Crippen LogP contribution in [0.25, 0.3) is 0 Å². The van der Waals surface area contributed by atoms with Gasteiger partial charge in [0.05, 0.1) is 5.70 Å². The first-order chi connectivity index (χ1) is 10.5. The summed E-state index contributed by atoms with van der Waals surface area (Å²) in [7, 11) is 0. The molecule has 2 nitrogen and oxygen atoms in total. The molecule has 2 unspecified atom stereocenters. The maximum atomic E-state index is 13.2. The van der Waals surface area contributed by atoms with Gasteiger partial charge in [-0.1, -0.05) is 49.6 Å². The molecule has 0 aromatic heterocycles. The van der Waals surface area contributed by atoms with Gasteiger partial charge in [-0.3, -0.25) is 4.99 Å². The highest BCUT2D eigenvalue weighted by Gasteiger charge is 2.13. The molecule has 0 heterocycles. The Morgan fingerprint density at radius 2 is 1.91 bits per heavy atom. The van der Waals surface area contributed by atoms with Gasteiger partial charge in [-0.15, -0.1) is 0 Å². The van der Waals surface area contributed by atoms with Crippen LogP contribution in [0.1, 0.15) is 20.8 Å². The molecule has 0 saturated carbocycles. The van der Waals surface area contributed by atoms with E-state index in [2.05, 4.69) is 24.9 Å². The van der Waals surface area contributed by atoms with Crippen LogP contribution < -0.4 is 5.73 Å². The topological polar surface area (TPSA) is 38.4 Å². The average Bonchev–Trinajstić information content (AvgIpc) is 2.52. The van der Waals surface area contributed by atoms with Gasteiger partial charge in [-0.2, -0.15) is 0 Å². The van der Waals surface area contributed by atoms with Gasteiger partial charge in [0.25, 0.3) is 0 Å². The highest BCUT2D eigenvalue weighted by Crippen LogP contribution is 2.25. The Morgan fingerprint density at radius 3 is 2.27 bits per heavy atom. The van der Waals surface area contributed by atoms with Crippen LogP contribution in [0.5, 0.6) is 0 Å². The van der Waals surface area contributed by atoms with Crippen LogP contribution >= 0.6 is 0 Å². The van der Waals surface area contributed by atoms with Crippen molar-refractivity contribution in [2.75, 3.05) is 6.54 Å². The van der Waals surface area contributed by atoms with Gasteiger partial charge in [0.15, 0.2) is 0 Å². The second kappa shape index (κ2) is 10.7. The highest BCUT2D eigenvalue weighted by atomic mass is 19.1. The van der Waals surface area contributed by atoms with Crippen LogP contribution in [0.2, 0.25) is 0 Å². The molecule has 2 N–H and O–H groups in total. The fraction of sp³-hybridized carbons (Fsp3) is 0.316. The third-order valence-electron chi connectivity index (χ3n) is 3.36. The second-order valence-corrected chi connectivity index (χ2v) is 4.88. The summed E-state index contributed by atoms with van der Waals surface area (Å²) in [4.78, 5) is 4.12. The van der Waals surface area contributed by atoms with E-state index >= 15 is 0 Å². The van der Waals surface area contributed by atoms with E-state index in [-0.39, 0.29) is 5.92 Å². The molecule has 0 amide bonds. The molecular formula is C19H27FN2. The summed E-state index contributed by atoms with van der Waals surface area (Å²) in [6.07, 6.45) is 9.84. The Morgan fingerprint density at radius 1 is 1.27 bits per heavy atom. The monoisotopic (exact) mass is 302 g/mol. The number of nitrogens with two attached hydrogens (primary N) is 1. The van der Waals surface area contributed by atoms with E-state index in [0.717, 1.165) is 16.8 Å². The Bertz CT molecular complexity index is 520. The molecule has 0 radical (unpaired) electrons. The van der Waals surface area contributed by atoms with Crippen molar-refractivity contribution < 1.29 is 4.39 Å². The molecule has 0 bridgehead atoms. The number of aliphatic imine (C=N–C) groups is 1. The summed E-state index contributed by atoms with van der Waals surface area (Å²) in [6, 6.07) is 0. The number of hydrogen-bond acceptors (Lipinski definition) is 2. The van der Waals surface area contributed by atoms with Gasteiger partial charge >= 0.3 is 0 Å². The molecular weight excluding hydrogens is 275 g/mol. The SMILES string of the molecule is C=CC(=C(/N=C)C(/C=C\C)CN)/C(C=C)=C/C=C(\C)C(C)F. The maximum absolute atomic E-state index is 13.2. The van der Waals surface area contributed by atoms with Gasteiger partial charge in [0.2, 0.25) is 0 Å². The summed E-state index contributed by atoms with van der Waals surface area (Å²) >= 11 is 0. The number of alkyl halides is 1. The van der Waals surface area contributed by atoms with Crippen LogP contribution in [0.3, 0.4) is 0 Å². The van der Waals surface area contributed by atoms with Crippen molar-refractivity contribution in [1.82, 2.24) is 0 Å². The molecule has 0 aromatic rings. The molecule has 0 aliphatic heterocycles. The zero-order chi connectivity index (χ0) is 17.1. The van der Waals surface area contributed by atoms with Crippen molar-refractivity contribution in [3.63, 3.8) is 0 Å². The van der Waals surface area contributed by atoms with Crippen molar-refractivity contribution in [2.45, 2.75) is 26.9 Å². The third-order valence-corrected chi connectivity index (χ3v) is 3.36. The van der Waals surface area contributed by atoms with Crippen molar-refractivity contribution in [3.8, 4) is 0 Å². The Balaban J connectivity index is 6.03. The molecule has 2 atom stereocenters. The number of halogens is 1. The first kappa shape index (κ1) is 20.0. The van der Waals surface area contributed by atoms with E-state index in [1.165, 1.54) is 6.92 Å². The van der Waals surface area contributed by atoms with Crippen molar-refractivity contribution in [3.05, 3.63) is 72.0 Å². The van der Waals surface area contributed by atoms with E-state index in [0.29, 0.717) is 12.1 Å². The Kier molecular flexibility index (Phi) is 9.72. The molecule has 120 valence electrons. The van der Waals surface area contributed by atoms with Crippen molar-refractivity contribution >= 4 is 6.72 Å². The van der Waals surface area contributed by atoms with Crippen molar-refractivity contribution in [1.29, 1.82) is 0 Å². The summed E-state index contributed by atoms with van der Waals surface area (Å²) in [5.41, 5.74) is 8.80. The molecule has 3 heteroatoms. The minimum atomic E-state index is -0.990. The standard InChI is InChI=1S/C19H27FN2/c1-7-10-17(13-21)19(22-6)18(9-3)16(8-2)12-11-14(4)15(5)20/h7-12,15,17H,2-3,6,13,21H2,1,4-5H3/b10-7-,14-11+,16-12+,19-18-. The predicted octanol–water partition coefficient (Wildman–Crippen LogP) is 4.69. The zero-order valence-corrected chi connectivity index (χ0v) is 13.8. The predicted molar refractivity (Wildman–Crippen MR) is 96.7 cm³/mol. The summed E-state index contributed by atoms with van der Waals surface area (Å²) in [5.74, 6) is -0.0518. The minimum absolute atomic E-state index is 0.0518. The smallest absolute Gasteiger partial charge is 0.118 e. The van der Waals surface area contributed by atoms with Gasteiger partial charge < -0.3 is 5.73 Å². The molecule has 22 heavy (non-hydrogen) atoms. The zero-order valence-electron chi connectivity index (χ0n) is 13.8. The number of rotatable bonds is 9. The number of hydrogen-bond donors (Lipinski definition) is 1. The van der Waals surface area contributed by atoms with E-state index in [9.17, 15) is 4.39 Å². The van der Waals surface area contributed by atoms with Crippen LogP contribution in [0, 0.1) is 5.92 Å². The summed E-state index contributed by atoms with van der Waals surface area (Å²) < 4.78 is 13.2. The highest BCUT2D eigenvalue weighted by molar-refractivity contribution is 5.52. The number of allylic oxidation sites excluding steroid dienone is 8. The van der Waals surface area contributed by atoms with E-state index in [4.69, 9.17) is 5.73 Å². The Hall–Kier alpha value is -2.00.